The van der Waals surface area contributed by atoms with Crippen molar-refractivity contribution in [2.24, 2.45) is 0 Å². The van der Waals surface area contributed by atoms with E-state index in [2.05, 4.69) is 91.7 Å². The predicted molar refractivity (Wildman–Crippen MR) is 131 cm³/mol. The summed E-state index contributed by atoms with van der Waals surface area (Å²) in [5.74, 6) is 0. The van der Waals surface area contributed by atoms with Gasteiger partial charge in [0.15, 0.2) is 0 Å². The van der Waals surface area contributed by atoms with Crippen molar-refractivity contribution >= 4 is 11.7 Å². The Morgan fingerprint density at radius 1 is 0.781 bits per heavy atom. The lowest BCUT2D eigenvalue weighted by molar-refractivity contribution is 0.128. The highest BCUT2D eigenvalue weighted by Gasteiger charge is 2.34. The van der Waals surface area contributed by atoms with Crippen molar-refractivity contribution in [2.45, 2.75) is 32.2 Å². The molecule has 0 aromatic heterocycles. The molecule has 164 valence electrons. The topological polar surface area (TPSA) is 35.6 Å². The van der Waals surface area contributed by atoms with Gasteiger partial charge in [0.1, 0.15) is 0 Å². The number of fused-ring (bicyclic) bond motifs is 3. The number of piperazine rings is 1. The van der Waals surface area contributed by atoms with Gasteiger partial charge >= 0.3 is 6.03 Å². The van der Waals surface area contributed by atoms with E-state index >= 15 is 0 Å². The van der Waals surface area contributed by atoms with E-state index in [1.165, 1.54) is 27.8 Å². The predicted octanol–water partition coefficient (Wildman–Crippen LogP) is 5.90. The van der Waals surface area contributed by atoms with Crippen molar-refractivity contribution < 1.29 is 4.79 Å². The number of benzene rings is 3. The number of hydrogen-bond donors (Lipinski definition) is 1. The van der Waals surface area contributed by atoms with Gasteiger partial charge in [0, 0.05) is 31.9 Å². The van der Waals surface area contributed by atoms with E-state index in [0.29, 0.717) is 0 Å². The van der Waals surface area contributed by atoms with Gasteiger partial charge in [0.2, 0.25) is 0 Å². The van der Waals surface area contributed by atoms with Crippen molar-refractivity contribution in [1.82, 2.24) is 9.80 Å². The molecule has 1 heterocycles. The van der Waals surface area contributed by atoms with E-state index in [0.717, 1.165) is 31.9 Å². The number of anilines is 1. The summed E-state index contributed by atoms with van der Waals surface area (Å²) >= 11 is 0. The minimum absolute atomic E-state index is 0.0135. The Bertz CT molecular complexity index is 1080. The third kappa shape index (κ3) is 3.80. The standard InChI is InChI=1S/C28H31N3O/c1-28(2,3)20-12-14-21(15-13-20)29-27(32)31-18-16-30(17-19-31)26-24-10-6-4-8-22(24)23-9-5-7-11-25(23)26/h4-15,26H,16-19H2,1-3H3,(H,29,32). The summed E-state index contributed by atoms with van der Waals surface area (Å²) in [5.41, 5.74) is 7.66. The summed E-state index contributed by atoms with van der Waals surface area (Å²) in [6.45, 7) is 9.77. The zero-order valence-electron chi connectivity index (χ0n) is 19.1. The highest BCUT2D eigenvalue weighted by molar-refractivity contribution is 5.89. The molecule has 1 N–H and O–H groups in total. The molecule has 32 heavy (non-hydrogen) atoms. The van der Waals surface area contributed by atoms with Crippen LogP contribution in [0.5, 0.6) is 0 Å². The Morgan fingerprint density at radius 2 is 1.31 bits per heavy atom. The first kappa shape index (κ1) is 20.8. The molecule has 3 aromatic carbocycles. The first-order chi connectivity index (χ1) is 15.4. The fourth-order valence-corrected chi connectivity index (χ4v) is 4.96. The van der Waals surface area contributed by atoms with Crippen LogP contribution in [0.3, 0.4) is 0 Å². The van der Waals surface area contributed by atoms with Gasteiger partial charge in [-0.2, -0.15) is 0 Å². The molecule has 0 unspecified atom stereocenters. The number of nitrogens with zero attached hydrogens (tertiary/aromatic N) is 2. The molecule has 0 atom stereocenters. The molecule has 0 saturated carbocycles. The third-order valence-electron chi connectivity index (χ3n) is 6.77. The van der Waals surface area contributed by atoms with Crippen molar-refractivity contribution in [2.75, 3.05) is 31.5 Å². The molecular formula is C28H31N3O. The van der Waals surface area contributed by atoms with Gasteiger partial charge in [-0.15, -0.1) is 0 Å². The maximum Gasteiger partial charge on any atom is 0.321 e. The van der Waals surface area contributed by atoms with E-state index in [1.54, 1.807) is 0 Å². The smallest absolute Gasteiger partial charge is 0.321 e. The normalized spacial score (nSPS) is 16.5. The minimum atomic E-state index is -0.0135. The van der Waals surface area contributed by atoms with Crippen LogP contribution in [0.15, 0.2) is 72.8 Å². The van der Waals surface area contributed by atoms with E-state index in [9.17, 15) is 4.79 Å². The van der Waals surface area contributed by atoms with Crippen LogP contribution in [0.25, 0.3) is 11.1 Å². The second-order valence-corrected chi connectivity index (χ2v) is 9.86. The molecule has 1 aliphatic carbocycles. The number of amides is 2. The number of hydrogen-bond acceptors (Lipinski definition) is 2. The van der Waals surface area contributed by atoms with Crippen molar-refractivity contribution in [1.29, 1.82) is 0 Å². The lowest BCUT2D eigenvalue weighted by Gasteiger charge is -2.38. The SMILES string of the molecule is CC(C)(C)c1ccc(NC(=O)N2CCN(C3c4ccccc4-c4ccccc43)CC2)cc1. The van der Waals surface area contributed by atoms with E-state index < -0.39 is 0 Å². The second-order valence-electron chi connectivity index (χ2n) is 9.86. The van der Waals surface area contributed by atoms with Crippen molar-refractivity contribution in [3.05, 3.63) is 89.5 Å². The van der Waals surface area contributed by atoms with Crippen LogP contribution in [-0.4, -0.2) is 42.0 Å². The van der Waals surface area contributed by atoms with Crippen LogP contribution in [-0.2, 0) is 5.41 Å². The number of nitrogens with one attached hydrogen (secondary N) is 1. The average Bonchev–Trinajstić information content (AvgIpc) is 3.13. The Hall–Kier alpha value is -3.11. The summed E-state index contributed by atoms with van der Waals surface area (Å²) in [5, 5.41) is 3.07. The Morgan fingerprint density at radius 3 is 1.84 bits per heavy atom. The lowest BCUT2D eigenvalue weighted by atomic mass is 9.87. The molecule has 4 nitrogen and oxygen atoms in total. The highest BCUT2D eigenvalue weighted by atomic mass is 16.2. The molecule has 4 heteroatoms. The van der Waals surface area contributed by atoms with Crippen LogP contribution >= 0.6 is 0 Å². The zero-order chi connectivity index (χ0) is 22.3. The maximum atomic E-state index is 12.9. The number of urea groups is 1. The maximum absolute atomic E-state index is 12.9. The van der Waals surface area contributed by atoms with Crippen molar-refractivity contribution in [3.63, 3.8) is 0 Å². The highest BCUT2D eigenvalue weighted by Crippen LogP contribution is 2.46. The Balaban J connectivity index is 1.25. The molecular weight excluding hydrogens is 394 g/mol. The minimum Gasteiger partial charge on any atom is -0.322 e. The number of carbonyl (C=O) groups is 1. The summed E-state index contributed by atoms with van der Waals surface area (Å²) in [4.78, 5) is 17.3. The van der Waals surface area contributed by atoms with Gasteiger partial charge in [0.05, 0.1) is 6.04 Å². The molecule has 1 saturated heterocycles. The van der Waals surface area contributed by atoms with Gasteiger partial charge in [-0.1, -0.05) is 81.4 Å². The van der Waals surface area contributed by atoms with Gasteiger partial charge in [-0.25, -0.2) is 4.79 Å². The molecule has 1 aliphatic heterocycles. The first-order valence-electron chi connectivity index (χ1n) is 11.5. The third-order valence-corrected chi connectivity index (χ3v) is 6.77. The van der Waals surface area contributed by atoms with Gasteiger partial charge in [0.25, 0.3) is 0 Å². The average molecular weight is 426 g/mol. The second kappa shape index (κ2) is 8.10. The van der Waals surface area contributed by atoms with Crippen LogP contribution in [0.2, 0.25) is 0 Å². The fourth-order valence-electron chi connectivity index (χ4n) is 4.96. The summed E-state index contributed by atoms with van der Waals surface area (Å²) in [6, 6.07) is 25.9. The van der Waals surface area contributed by atoms with Gasteiger partial charge < -0.3 is 10.2 Å². The molecule has 3 aromatic rings. The molecule has 2 aliphatic rings. The molecule has 1 fully saturated rings. The van der Waals surface area contributed by atoms with Crippen LogP contribution in [0.1, 0.15) is 43.5 Å². The van der Waals surface area contributed by atoms with Crippen LogP contribution < -0.4 is 5.32 Å². The quantitative estimate of drug-likeness (QED) is 0.554. The molecule has 0 radical (unpaired) electrons. The Labute approximate surface area is 190 Å². The molecule has 5 rings (SSSR count). The van der Waals surface area contributed by atoms with E-state index in [4.69, 9.17) is 0 Å². The first-order valence-corrected chi connectivity index (χ1v) is 11.5. The zero-order valence-corrected chi connectivity index (χ0v) is 19.1. The van der Waals surface area contributed by atoms with Crippen LogP contribution in [0, 0.1) is 0 Å². The summed E-state index contributed by atoms with van der Waals surface area (Å²) in [6.07, 6.45) is 0. The van der Waals surface area contributed by atoms with Gasteiger partial charge in [-0.05, 0) is 45.4 Å². The van der Waals surface area contributed by atoms with E-state index in [1.807, 2.05) is 17.0 Å². The lowest BCUT2D eigenvalue weighted by Crippen LogP contribution is -2.50. The van der Waals surface area contributed by atoms with E-state index in [-0.39, 0.29) is 17.5 Å². The van der Waals surface area contributed by atoms with Gasteiger partial charge in [-0.3, -0.25) is 4.90 Å². The largest absolute Gasteiger partial charge is 0.322 e. The summed E-state index contributed by atoms with van der Waals surface area (Å²) in [7, 11) is 0. The molecule has 2 amide bonds. The monoisotopic (exact) mass is 425 g/mol. The van der Waals surface area contributed by atoms with Crippen LogP contribution in [0.4, 0.5) is 10.5 Å². The fraction of sp³-hybridized carbons (Fsp3) is 0.321. The number of rotatable bonds is 2. The molecule has 0 spiro atoms. The Kier molecular flexibility index (Phi) is 5.26. The number of carbonyl (C=O) groups excluding carboxylic acids is 1. The molecule has 0 bridgehead atoms. The van der Waals surface area contributed by atoms with Crippen molar-refractivity contribution in [3.8, 4) is 11.1 Å². The summed E-state index contributed by atoms with van der Waals surface area (Å²) < 4.78 is 0.